The molecule has 2 rings (SSSR count). The smallest absolute Gasteiger partial charge is 0.305 e. The van der Waals surface area contributed by atoms with Gasteiger partial charge in [0.2, 0.25) is 0 Å². The molecule has 7 nitrogen and oxygen atoms in total. The zero-order valence-electron chi connectivity index (χ0n) is 36.3. The summed E-state index contributed by atoms with van der Waals surface area (Å²) in [5.74, 6) is 0.310. The number of aliphatic imine (C=N–C) groups is 1. The maximum Gasteiger partial charge on any atom is 0.305 e. The molecule has 0 aliphatic carbocycles. The Hall–Kier alpha value is -2.57. The molecule has 0 saturated heterocycles. The van der Waals surface area contributed by atoms with Gasteiger partial charge in [0.25, 0.3) is 0 Å². The number of carbonyl (C=O) groups is 2. The average molecular weight is 756 g/mol. The lowest BCUT2D eigenvalue weighted by molar-refractivity contribution is -0.151. The van der Waals surface area contributed by atoms with E-state index in [9.17, 15) is 14.7 Å². The molecule has 0 radical (unpaired) electrons. The summed E-state index contributed by atoms with van der Waals surface area (Å²) in [6.07, 6.45) is 23.1. The van der Waals surface area contributed by atoms with Crippen LogP contribution in [0, 0.1) is 5.41 Å². The van der Waals surface area contributed by atoms with Crippen LogP contribution >= 0.6 is 0 Å². The molecule has 0 spiro atoms. The predicted octanol–water partition coefficient (Wildman–Crippen LogP) is 12.7. The molecule has 0 fully saturated rings. The number of phenolic OH excluding ortho intramolecular Hbond substituents is 1. The van der Waals surface area contributed by atoms with Gasteiger partial charge in [-0.2, -0.15) is 0 Å². The molecule has 0 amide bonds. The fraction of sp³-hybridized carbons (Fsp3) is 0.809. The highest BCUT2D eigenvalue weighted by molar-refractivity contribution is 5.86. The van der Waals surface area contributed by atoms with Gasteiger partial charge in [-0.1, -0.05) is 177 Å². The van der Waals surface area contributed by atoms with E-state index in [-0.39, 0.29) is 42.0 Å². The number of hydrogen-bond donors (Lipinski definition) is 1. The molecule has 0 saturated carbocycles. The molecule has 1 aromatic carbocycles. The van der Waals surface area contributed by atoms with Crippen molar-refractivity contribution in [2.45, 2.75) is 220 Å². The van der Waals surface area contributed by atoms with Crippen LogP contribution in [0.5, 0.6) is 5.75 Å². The Morgan fingerprint density at radius 3 is 1.41 bits per heavy atom. The Bertz CT molecular complexity index is 1180. The highest BCUT2D eigenvalue weighted by atomic mass is 16.6. The molecular weight excluding hydrogens is 675 g/mol. The van der Waals surface area contributed by atoms with Gasteiger partial charge in [0.15, 0.2) is 5.90 Å². The number of aromatic hydroxyl groups is 1. The van der Waals surface area contributed by atoms with Gasteiger partial charge in [-0.05, 0) is 53.2 Å². The van der Waals surface area contributed by atoms with Crippen molar-refractivity contribution < 1.29 is 28.9 Å². The topological polar surface area (TPSA) is 94.4 Å². The third-order valence-corrected chi connectivity index (χ3v) is 11.0. The van der Waals surface area contributed by atoms with Gasteiger partial charge in [-0.3, -0.25) is 9.59 Å². The lowest BCUT2D eigenvalue weighted by Crippen LogP contribution is -2.44. The molecule has 1 aliphatic heterocycles. The van der Waals surface area contributed by atoms with Gasteiger partial charge < -0.3 is 19.3 Å². The SMILES string of the molecule is CCCCCCCCCCCC(=O)OCC(COC(=O)CCCCCCCCCCC)(Cc1cc(C(C)(C)C)c(O)c(C(C)(C)C)c1)C1=NC(CC)CO1. The molecule has 310 valence electrons. The Labute approximate surface area is 331 Å². The molecule has 1 N–H and O–H groups in total. The van der Waals surface area contributed by atoms with Crippen LogP contribution < -0.4 is 0 Å². The van der Waals surface area contributed by atoms with E-state index in [1.807, 2.05) is 0 Å². The number of ether oxygens (including phenoxy) is 3. The third kappa shape index (κ3) is 17.5. The van der Waals surface area contributed by atoms with E-state index in [0.29, 0.717) is 37.5 Å². The number of carbonyl (C=O) groups excluding carboxylic acids is 2. The summed E-state index contributed by atoms with van der Waals surface area (Å²) in [6.45, 7) is 19.6. The van der Waals surface area contributed by atoms with Crippen molar-refractivity contribution in [2.75, 3.05) is 19.8 Å². The number of benzene rings is 1. The Balaban J connectivity index is 2.29. The highest BCUT2D eigenvalue weighted by Gasteiger charge is 2.44. The van der Waals surface area contributed by atoms with Gasteiger partial charge in [0.05, 0.1) is 6.04 Å². The fourth-order valence-corrected chi connectivity index (χ4v) is 7.33. The van der Waals surface area contributed by atoms with Crippen LogP contribution in [0.1, 0.15) is 214 Å². The molecule has 7 heteroatoms. The number of esters is 2. The normalized spacial score (nSPS) is 14.9. The lowest BCUT2D eigenvalue weighted by atomic mass is 9.75. The van der Waals surface area contributed by atoms with Crippen LogP contribution in [0.2, 0.25) is 0 Å². The first-order valence-electron chi connectivity index (χ1n) is 22.1. The summed E-state index contributed by atoms with van der Waals surface area (Å²) in [4.78, 5) is 31.6. The maximum absolute atomic E-state index is 13.3. The molecule has 1 aliphatic rings. The van der Waals surface area contributed by atoms with Crippen molar-refractivity contribution in [2.24, 2.45) is 10.4 Å². The minimum Gasteiger partial charge on any atom is -0.507 e. The van der Waals surface area contributed by atoms with Crippen LogP contribution in [0.4, 0.5) is 0 Å². The van der Waals surface area contributed by atoms with E-state index in [2.05, 4.69) is 74.4 Å². The maximum atomic E-state index is 13.3. The lowest BCUT2D eigenvalue weighted by Gasteiger charge is -2.34. The van der Waals surface area contributed by atoms with Crippen molar-refractivity contribution in [1.29, 1.82) is 0 Å². The van der Waals surface area contributed by atoms with Gasteiger partial charge in [-0.25, -0.2) is 4.99 Å². The van der Waals surface area contributed by atoms with Gasteiger partial charge in [0.1, 0.15) is 31.0 Å². The molecule has 1 atom stereocenters. The van der Waals surface area contributed by atoms with Gasteiger partial charge >= 0.3 is 11.9 Å². The van der Waals surface area contributed by atoms with Crippen molar-refractivity contribution >= 4 is 17.8 Å². The summed E-state index contributed by atoms with van der Waals surface area (Å²) in [7, 11) is 0. The summed E-state index contributed by atoms with van der Waals surface area (Å²) in [6, 6.07) is 4.10. The minimum atomic E-state index is -1.01. The summed E-state index contributed by atoms with van der Waals surface area (Å²) in [5, 5.41) is 11.5. The summed E-state index contributed by atoms with van der Waals surface area (Å²) < 4.78 is 18.5. The zero-order valence-corrected chi connectivity index (χ0v) is 36.3. The van der Waals surface area contributed by atoms with E-state index in [0.717, 1.165) is 61.6 Å². The monoisotopic (exact) mass is 756 g/mol. The fourth-order valence-electron chi connectivity index (χ4n) is 7.33. The van der Waals surface area contributed by atoms with Gasteiger partial charge in [0, 0.05) is 12.8 Å². The van der Waals surface area contributed by atoms with Crippen LogP contribution in [0.3, 0.4) is 0 Å². The van der Waals surface area contributed by atoms with Gasteiger partial charge in [-0.15, -0.1) is 0 Å². The van der Waals surface area contributed by atoms with E-state index in [1.54, 1.807) is 0 Å². The van der Waals surface area contributed by atoms with Crippen LogP contribution in [0.15, 0.2) is 17.1 Å². The number of hydrogen-bond acceptors (Lipinski definition) is 7. The number of nitrogens with zero attached hydrogens (tertiary/aromatic N) is 1. The van der Waals surface area contributed by atoms with Crippen LogP contribution in [-0.2, 0) is 41.1 Å². The Morgan fingerprint density at radius 1 is 0.667 bits per heavy atom. The molecule has 1 aromatic rings. The second kappa shape index (κ2) is 24.8. The first kappa shape index (κ1) is 47.6. The largest absolute Gasteiger partial charge is 0.507 e. The predicted molar refractivity (Wildman–Crippen MR) is 225 cm³/mol. The van der Waals surface area contributed by atoms with Crippen molar-refractivity contribution in [3.63, 3.8) is 0 Å². The molecule has 1 heterocycles. The average Bonchev–Trinajstić information content (AvgIpc) is 3.61. The van der Waals surface area contributed by atoms with Crippen molar-refractivity contribution in [1.82, 2.24) is 0 Å². The summed E-state index contributed by atoms with van der Waals surface area (Å²) in [5.41, 5.74) is 1.02. The molecule has 0 aromatic heterocycles. The van der Waals surface area contributed by atoms with Crippen LogP contribution in [-0.4, -0.2) is 48.8 Å². The third-order valence-electron chi connectivity index (χ3n) is 11.0. The first-order valence-corrected chi connectivity index (χ1v) is 22.1. The standard InChI is InChI=1S/C47H81NO6/c1-10-13-15-17-19-21-23-25-27-29-41(49)53-35-47(44-48-38(12-3)34-52-44,36-54-42(50)30-28-26-24-22-20-18-16-14-11-2)33-37-31-39(45(4,5)6)43(51)40(32-37)46(7,8)9/h31-32,38,51H,10-30,33-36H2,1-9H3. The first-order chi connectivity index (χ1) is 25.7. The number of unbranched alkanes of at least 4 members (excludes halogenated alkanes) is 16. The van der Waals surface area contributed by atoms with Crippen LogP contribution in [0.25, 0.3) is 0 Å². The zero-order chi connectivity index (χ0) is 40.0. The molecule has 0 bridgehead atoms. The quantitative estimate of drug-likeness (QED) is 0.0676. The Morgan fingerprint density at radius 2 is 1.06 bits per heavy atom. The Kier molecular flexibility index (Phi) is 21.9. The second-order valence-corrected chi connectivity index (χ2v) is 18.3. The van der Waals surface area contributed by atoms with E-state index in [4.69, 9.17) is 19.2 Å². The van der Waals surface area contributed by atoms with Crippen molar-refractivity contribution in [3.8, 4) is 5.75 Å². The minimum absolute atomic E-state index is 0.000416. The number of rotatable bonds is 28. The van der Waals surface area contributed by atoms with E-state index in [1.165, 1.54) is 77.0 Å². The summed E-state index contributed by atoms with van der Waals surface area (Å²) >= 11 is 0. The van der Waals surface area contributed by atoms with Crippen molar-refractivity contribution in [3.05, 3.63) is 28.8 Å². The molecule has 1 unspecified atom stereocenters. The highest BCUT2D eigenvalue weighted by Crippen LogP contribution is 2.42. The molecule has 54 heavy (non-hydrogen) atoms. The molecular formula is C47H81NO6. The number of phenols is 1. The van der Waals surface area contributed by atoms with E-state index >= 15 is 0 Å². The second-order valence-electron chi connectivity index (χ2n) is 18.3. The van der Waals surface area contributed by atoms with E-state index < -0.39 is 5.41 Å².